The molecule has 1 heterocycles. The minimum atomic E-state index is -0.564. The van der Waals surface area contributed by atoms with Crippen LogP contribution in [0.15, 0.2) is 35.6 Å². The van der Waals surface area contributed by atoms with Crippen LogP contribution in [0.1, 0.15) is 58.1 Å². The molecule has 142 valence electrons. The van der Waals surface area contributed by atoms with E-state index in [-0.39, 0.29) is 11.4 Å². The van der Waals surface area contributed by atoms with Gasteiger partial charge in [0.25, 0.3) is 5.91 Å². The maximum Gasteiger partial charge on any atom is 0.290 e. The van der Waals surface area contributed by atoms with Crippen molar-refractivity contribution in [1.82, 2.24) is 4.90 Å². The third-order valence-corrected chi connectivity index (χ3v) is 5.09. The van der Waals surface area contributed by atoms with Crippen LogP contribution in [-0.2, 0) is 9.59 Å². The molecule has 0 saturated heterocycles. The predicted octanol–water partition coefficient (Wildman–Crippen LogP) is 4.20. The van der Waals surface area contributed by atoms with E-state index in [1.165, 1.54) is 6.92 Å². The number of ether oxygens (including phenoxy) is 1. The number of carbonyl (C=O) groups excluding carboxylic acids is 2. The van der Waals surface area contributed by atoms with Crippen molar-refractivity contribution in [3.63, 3.8) is 0 Å². The zero-order valence-corrected chi connectivity index (χ0v) is 16.1. The van der Waals surface area contributed by atoms with Crippen molar-refractivity contribution < 1.29 is 19.4 Å². The van der Waals surface area contributed by atoms with Gasteiger partial charge < -0.3 is 14.7 Å². The second kappa shape index (κ2) is 8.88. The van der Waals surface area contributed by atoms with E-state index in [9.17, 15) is 14.7 Å². The summed E-state index contributed by atoms with van der Waals surface area (Å²) in [6.45, 7) is 6.18. The third-order valence-electron chi connectivity index (χ3n) is 5.09. The molecular weight excluding hydrogens is 330 g/mol. The molecule has 5 heteroatoms. The number of amides is 1. The highest BCUT2D eigenvalue weighted by molar-refractivity contribution is 6.08. The highest BCUT2D eigenvalue weighted by atomic mass is 16.5. The number of nitrogens with zero attached hydrogens (tertiary/aromatic N) is 1. The number of hydrogen-bond acceptors (Lipinski definition) is 4. The lowest BCUT2D eigenvalue weighted by Crippen LogP contribution is -2.35. The molecule has 0 spiro atoms. The Morgan fingerprint density at radius 2 is 2.08 bits per heavy atom. The Hall–Kier alpha value is -2.30. The third kappa shape index (κ3) is 4.09. The normalized spacial score (nSPS) is 18.4. The van der Waals surface area contributed by atoms with E-state index in [0.717, 1.165) is 31.2 Å². The van der Waals surface area contributed by atoms with E-state index in [4.69, 9.17) is 4.74 Å². The zero-order chi connectivity index (χ0) is 19.3. The molecule has 1 aromatic carbocycles. The molecule has 2 rings (SSSR count). The van der Waals surface area contributed by atoms with Gasteiger partial charge in [-0.2, -0.15) is 0 Å². The van der Waals surface area contributed by atoms with E-state index < -0.39 is 17.7 Å². The Kier molecular flexibility index (Phi) is 6.83. The van der Waals surface area contributed by atoms with Crippen LogP contribution in [0.4, 0.5) is 0 Å². The summed E-state index contributed by atoms with van der Waals surface area (Å²) in [4.78, 5) is 26.5. The van der Waals surface area contributed by atoms with Gasteiger partial charge in [-0.1, -0.05) is 45.2 Å². The van der Waals surface area contributed by atoms with E-state index >= 15 is 0 Å². The summed E-state index contributed by atoms with van der Waals surface area (Å²) in [6, 6.07) is 6.77. The minimum absolute atomic E-state index is 0.175. The van der Waals surface area contributed by atoms with Gasteiger partial charge in [0.15, 0.2) is 11.5 Å². The number of unbranched alkanes of at least 4 members (excludes halogenated alkanes) is 1. The summed E-state index contributed by atoms with van der Waals surface area (Å²) in [6.07, 6.45) is 4.18. The summed E-state index contributed by atoms with van der Waals surface area (Å²) < 4.78 is 5.29. The van der Waals surface area contributed by atoms with Crippen LogP contribution in [-0.4, -0.2) is 35.4 Å². The van der Waals surface area contributed by atoms with Crippen molar-refractivity contribution in [3.05, 3.63) is 41.2 Å². The first-order valence-electron chi connectivity index (χ1n) is 9.33. The van der Waals surface area contributed by atoms with E-state index in [0.29, 0.717) is 18.2 Å². The Bertz CT molecular complexity index is 695. The van der Waals surface area contributed by atoms with Gasteiger partial charge in [0.2, 0.25) is 0 Å². The van der Waals surface area contributed by atoms with Gasteiger partial charge >= 0.3 is 0 Å². The van der Waals surface area contributed by atoms with Crippen LogP contribution in [0.2, 0.25) is 0 Å². The number of benzene rings is 1. The topological polar surface area (TPSA) is 66.8 Å². The number of aliphatic hydroxyl groups is 1. The molecule has 1 amide bonds. The largest absolute Gasteiger partial charge is 0.503 e. The molecule has 0 fully saturated rings. The van der Waals surface area contributed by atoms with E-state index in [1.807, 2.05) is 24.3 Å². The van der Waals surface area contributed by atoms with Crippen LogP contribution in [0.5, 0.6) is 5.75 Å². The maximum absolute atomic E-state index is 12.7. The summed E-state index contributed by atoms with van der Waals surface area (Å²) in [5, 5.41) is 10.4. The average Bonchev–Trinajstić information content (AvgIpc) is 2.89. The van der Waals surface area contributed by atoms with Crippen molar-refractivity contribution in [2.75, 3.05) is 13.7 Å². The molecule has 0 aromatic heterocycles. The molecule has 1 N–H and O–H groups in total. The fraction of sp³-hybridized carbons (Fsp3) is 0.524. The van der Waals surface area contributed by atoms with E-state index in [2.05, 4.69) is 13.8 Å². The molecule has 2 atom stereocenters. The molecule has 1 aliphatic heterocycles. The van der Waals surface area contributed by atoms with Crippen molar-refractivity contribution >= 4 is 11.7 Å². The predicted molar refractivity (Wildman–Crippen MR) is 101 cm³/mol. The standard InChI is InChI=1S/C21H29NO4/c1-5-7-9-15(6-2)13-22-19(16-10-8-11-17(12-16)26-4)18(14(3)23)20(24)21(22)25/h8,10-12,15,19,24H,5-7,9,13H2,1-4H3. The first kappa shape index (κ1) is 20.0. The highest BCUT2D eigenvalue weighted by Gasteiger charge is 2.42. The van der Waals surface area contributed by atoms with E-state index in [1.54, 1.807) is 12.0 Å². The Morgan fingerprint density at radius 1 is 1.35 bits per heavy atom. The number of ketones is 1. The van der Waals surface area contributed by atoms with Crippen LogP contribution in [0.3, 0.4) is 0 Å². The number of carbonyl (C=O) groups is 2. The minimum Gasteiger partial charge on any atom is -0.503 e. The van der Waals surface area contributed by atoms with Gasteiger partial charge in [0, 0.05) is 6.54 Å². The summed E-state index contributed by atoms with van der Waals surface area (Å²) in [5.74, 6) is -0.172. The van der Waals surface area contributed by atoms with Gasteiger partial charge in [-0.3, -0.25) is 9.59 Å². The molecule has 0 saturated carbocycles. The van der Waals surface area contributed by atoms with Gasteiger partial charge in [0.1, 0.15) is 5.75 Å². The molecule has 0 aliphatic carbocycles. The van der Waals surface area contributed by atoms with Crippen molar-refractivity contribution in [2.45, 2.75) is 52.5 Å². The van der Waals surface area contributed by atoms with Crippen LogP contribution >= 0.6 is 0 Å². The molecule has 0 radical (unpaired) electrons. The molecule has 1 aliphatic rings. The van der Waals surface area contributed by atoms with Gasteiger partial charge in [-0.25, -0.2) is 0 Å². The van der Waals surface area contributed by atoms with Crippen molar-refractivity contribution in [2.24, 2.45) is 5.92 Å². The Labute approximate surface area is 155 Å². The quantitative estimate of drug-likeness (QED) is 0.718. The molecule has 1 aromatic rings. The molecule has 2 unspecified atom stereocenters. The fourth-order valence-corrected chi connectivity index (χ4v) is 3.56. The first-order valence-corrected chi connectivity index (χ1v) is 9.33. The fourth-order valence-electron chi connectivity index (χ4n) is 3.56. The van der Waals surface area contributed by atoms with Crippen LogP contribution < -0.4 is 4.74 Å². The lowest BCUT2D eigenvalue weighted by atomic mass is 9.94. The average molecular weight is 359 g/mol. The molecule has 26 heavy (non-hydrogen) atoms. The highest BCUT2D eigenvalue weighted by Crippen LogP contribution is 2.39. The summed E-state index contributed by atoms with van der Waals surface area (Å²) >= 11 is 0. The number of rotatable bonds is 9. The monoisotopic (exact) mass is 359 g/mol. The SMILES string of the molecule is CCCCC(CC)CN1C(=O)C(O)=C(C(C)=O)C1c1cccc(OC)c1. The molecule has 5 nitrogen and oxygen atoms in total. The van der Waals surface area contributed by atoms with Gasteiger partial charge in [-0.05, 0) is 37.0 Å². The second-order valence-corrected chi connectivity index (χ2v) is 6.87. The van der Waals surface area contributed by atoms with Gasteiger partial charge in [-0.15, -0.1) is 0 Å². The first-order chi connectivity index (χ1) is 12.4. The summed E-state index contributed by atoms with van der Waals surface area (Å²) in [7, 11) is 1.58. The van der Waals surface area contributed by atoms with Gasteiger partial charge in [0.05, 0.1) is 18.7 Å². The number of hydrogen-bond donors (Lipinski definition) is 1. The smallest absolute Gasteiger partial charge is 0.290 e. The molecular formula is C21H29NO4. The number of methoxy groups -OCH3 is 1. The second-order valence-electron chi connectivity index (χ2n) is 6.87. The van der Waals surface area contributed by atoms with Crippen molar-refractivity contribution in [3.8, 4) is 5.75 Å². The lowest BCUT2D eigenvalue weighted by Gasteiger charge is -2.30. The zero-order valence-electron chi connectivity index (χ0n) is 16.1. The Morgan fingerprint density at radius 3 is 2.65 bits per heavy atom. The van der Waals surface area contributed by atoms with Crippen molar-refractivity contribution in [1.29, 1.82) is 0 Å². The Balaban J connectivity index is 2.41. The lowest BCUT2D eigenvalue weighted by molar-refractivity contribution is -0.130. The van der Waals surface area contributed by atoms with Crippen LogP contribution in [0.25, 0.3) is 0 Å². The van der Waals surface area contributed by atoms with Crippen LogP contribution in [0, 0.1) is 5.92 Å². The molecule has 0 bridgehead atoms. The summed E-state index contributed by atoms with van der Waals surface area (Å²) in [5.41, 5.74) is 0.950. The number of Topliss-reactive ketones (excluding diaryl/α,β-unsaturated/α-hetero) is 1. The maximum atomic E-state index is 12.7. The number of aliphatic hydroxyl groups excluding tert-OH is 1.